The molecule has 1 saturated heterocycles. The van der Waals surface area contributed by atoms with Crippen LogP contribution in [0.5, 0.6) is 0 Å². The van der Waals surface area contributed by atoms with Crippen molar-refractivity contribution in [2.45, 2.75) is 26.3 Å². The minimum absolute atomic E-state index is 0.0124. The number of benzene rings is 1. The van der Waals surface area contributed by atoms with Crippen LogP contribution in [0.15, 0.2) is 18.2 Å². The van der Waals surface area contributed by atoms with Gasteiger partial charge in [0, 0.05) is 44.4 Å². The number of hydrogen-bond donors (Lipinski definition) is 2. The zero-order valence-corrected chi connectivity index (χ0v) is 13.9. The van der Waals surface area contributed by atoms with Crippen molar-refractivity contribution in [1.29, 1.82) is 0 Å². The molecule has 1 unspecified atom stereocenters. The number of carbonyl (C=O) groups is 1. The molecule has 0 aliphatic carbocycles. The fourth-order valence-corrected chi connectivity index (χ4v) is 2.78. The van der Waals surface area contributed by atoms with Crippen LogP contribution in [-0.4, -0.2) is 61.3 Å². The Morgan fingerprint density at radius 3 is 2.61 bits per heavy atom. The topological polar surface area (TPSA) is 55.8 Å². The van der Waals surface area contributed by atoms with Crippen LogP contribution in [-0.2, 0) is 0 Å². The summed E-state index contributed by atoms with van der Waals surface area (Å²) in [4.78, 5) is 16.4. The first-order chi connectivity index (χ1) is 11.0. The Labute approximate surface area is 137 Å². The van der Waals surface area contributed by atoms with E-state index in [2.05, 4.69) is 17.1 Å². The molecule has 1 heterocycles. The first-order valence-corrected chi connectivity index (χ1v) is 8.23. The third-order valence-electron chi connectivity index (χ3n) is 4.31. The second kappa shape index (κ2) is 8.26. The number of aliphatic hydroxyl groups excluding tert-OH is 1. The highest BCUT2D eigenvalue weighted by Gasteiger charge is 2.19. The van der Waals surface area contributed by atoms with Gasteiger partial charge in [0.2, 0.25) is 0 Å². The number of likely N-dealkylation sites (N-methyl/N-ethyl adjacent to an activating group) is 1. The monoisotopic (exact) mass is 323 g/mol. The molecule has 0 bridgehead atoms. The standard InChI is InChI=1S/C17H26FN3O2/c1-3-20-7-9-21(10-8-20)16-5-4-14(12-15(16)18)17(23)19-13(2)6-11-22/h4-5,12-13,22H,3,6-11H2,1-2H3,(H,19,23). The van der Waals surface area contributed by atoms with E-state index in [1.54, 1.807) is 12.1 Å². The third-order valence-corrected chi connectivity index (χ3v) is 4.31. The Bertz CT molecular complexity index is 531. The van der Waals surface area contributed by atoms with Gasteiger partial charge in [-0.1, -0.05) is 6.92 Å². The molecule has 23 heavy (non-hydrogen) atoms. The van der Waals surface area contributed by atoms with Gasteiger partial charge in [0.05, 0.1) is 5.69 Å². The van der Waals surface area contributed by atoms with E-state index in [9.17, 15) is 9.18 Å². The zero-order chi connectivity index (χ0) is 16.8. The number of hydrogen-bond acceptors (Lipinski definition) is 4. The lowest BCUT2D eigenvalue weighted by Gasteiger charge is -2.35. The highest BCUT2D eigenvalue weighted by Crippen LogP contribution is 2.22. The molecule has 1 aromatic carbocycles. The summed E-state index contributed by atoms with van der Waals surface area (Å²) in [5, 5.41) is 11.6. The van der Waals surface area contributed by atoms with Gasteiger partial charge in [-0.05, 0) is 38.1 Å². The molecule has 1 aliphatic rings. The SMILES string of the molecule is CCN1CCN(c2ccc(C(=O)NC(C)CCO)cc2F)CC1. The van der Waals surface area contributed by atoms with Gasteiger partial charge < -0.3 is 20.2 Å². The lowest BCUT2D eigenvalue weighted by molar-refractivity contribution is 0.0934. The number of nitrogens with one attached hydrogen (secondary N) is 1. The highest BCUT2D eigenvalue weighted by atomic mass is 19.1. The average molecular weight is 323 g/mol. The van der Waals surface area contributed by atoms with Gasteiger partial charge >= 0.3 is 0 Å². The van der Waals surface area contributed by atoms with Crippen molar-refractivity contribution >= 4 is 11.6 Å². The minimum atomic E-state index is -0.364. The molecule has 2 N–H and O–H groups in total. The number of halogens is 1. The normalized spacial score (nSPS) is 17.1. The van der Waals surface area contributed by atoms with E-state index in [-0.39, 0.29) is 24.4 Å². The summed E-state index contributed by atoms with van der Waals surface area (Å²) in [6.07, 6.45) is 0.480. The van der Waals surface area contributed by atoms with Crippen LogP contribution < -0.4 is 10.2 Å². The zero-order valence-electron chi connectivity index (χ0n) is 13.9. The molecule has 2 rings (SSSR count). The molecule has 1 aromatic rings. The van der Waals surface area contributed by atoms with Crippen LogP contribution in [0.1, 0.15) is 30.6 Å². The van der Waals surface area contributed by atoms with Crippen molar-refractivity contribution in [3.8, 4) is 0 Å². The molecule has 1 amide bonds. The van der Waals surface area contributed by atoms with Crippen molar-refractivity contribution < 1.29 is 14.3 Å². The molecule has 6 heteroatoms. The smallest absolute Gasteiger partial charge is 0.251 e. The Hall–Kier alpha value is -1.66. The number of piperazine rings is 1. The molecule has 1 aliphatic heterocycles. The van der Waals surface area contributed by atoms with Crippen LogP contribution in [0.4, 0.5) is 10.1 Å². The number of carbonyl (C=O) groups excluding carboxylic acids is 1. The number of rotatable bonds is 6. The van der Waals surface area contributed by atoms with Crippen molar-refractivity contribution in [2.24, 2.45) is 0 Å². The molecule has 0 radical (unpaired) electrons. The predicted molar refractivity (Wildman–Crippen MR) is 89.4 cm³/mol. The van der Waals surface area contributed by atoms with Crippen LogP contribution in [0, 0.1) is 5.82 Å². The van der Waals surface area contributed by atoms with Gasteiger partial charge in [-0.2, -0.15) is 0 Å². The van der Waals surface area contributed by atoms with Crippen molar-refractivity contribution in [3.05, 3.63) is 29.6 Å². The summed E-state index contributed by atoms with van der Waals surface area (Å²) in [5.74, 6) is -0.676. The van der Waals surface area contributed by atoms with Crippen molar-refractivity contribution in [2.75, 3.05) is 44.2 Å². The first kappa shape index (κ1) is 17.7. The van der Waals surface area contributed by atoms with Gasteiger partial charge in [-0.3, -0.25) is 4.79 Å². The second-order valence-corrected chi connectivity index (χ2v) is 5.97. The molecule has 5 nitrogen and oxygen atoms in total. The van der Waals surface area contributed by atoms with E-state index in [0.29, 0.717) is 17.7 Å². The summed E-state index contributed by atoms with van der Waals surface area (Å²) >= 11 is 0. The van der Waals surface area contributed by atoms with Gasteiger partial charge in [0.25, 0.3) is 5.91 Å². The fraction of sp³-hybridized carbons (Fsp3) is 0.588. The second-order valence-electron chi connectivity index (χ2n) is 5.97. The van der Waals surface area contributed by atoms with Crippen molar-refractivity contribution in [1.82, 2.24) is 10.2 Å². The summed E-state index contributed by atoms with van der Waals surface area (Å²) in [5.41, 5.74) is 0.865. The van der Waals surface area contributed by atoms with Gasteiger partial charge in [0.1, 0.15) is 5.82 Å². The first-order valence-electron chi connectivity index (χ1n) is 8.23. The molecule has 128 valence electrons. The van der Waals surface area contributed by atoms with Gasteiger partial charge in [-0.25, -0.2) is 4.39 Å². The minimum Gasteiger partial charge on any atom is -0.396 e. The van der Waals surface area contributed by atoms with E-state index in [4.69, 9.17) is 5.11 Å². The van der Waals surface area contributed by atoms with E-state index in [1.807, 2.05) is 11.8 Å². The Balaban J connectivity index is 2.02. The molecular formula is C17H26FN3O2. The van der Waals surface area contributed by atoms with E-state index >= 15 is 0 Å². The Kier molecular flexibility index (Phi) is 6.36. The van der Waals surface area contributed by atoms with E-state index < -0.39 is 0 Å². The number of nitrogens with zero attached hydrogens (tertiary/aromatic N) is 2. The van der Waals surface area contributed by atoms with Crippen molar-refractivity contribution in [3.63, 3.8) is 0 Å². The summed E-state index contributed by atoms with van der Waals surface area (Å²) in [6, 6.07) is 4.49. The molecule has 1 atom stereocenters. The van der Waals surface area contributed by atoms with E-state index in [1.165, 1.54) is 6.07 Å². The summed E-state index contributed by atoms with van der Waals surface area (Å²) in [6.45, 7) is 8.41. The molecular weight excluding hydrogens is 297 g/mol. The molecule has 0 saturated carbocycles. The quantitative estimate of drug-likeness (QED) is 0.832. The predicted octanol–water partition coefficient (Wildman–Crippen LogP) is 1.47. The number of aliphatic hydroxyl groups is 1. The third kappa shape index (κ3) is 4.65. The Morgan fingerprint density at radius 1 is 1.35 bits per heavy atom. The van der Waals surface area contributed by atoms with E-state index in [0.717, 1.165) is 32.7 Å². The maximum absolute atomic E-state index is 14.4. The lowest BCUT2D eigenvalue weighted by Crippen LogP contribution is -2.46. The summed E-state index contributed by atoms with van der Waals surface area (Å²) < 4.78 is 14.4. The summed E-state index contributed by atoms with van der Waals surface area (Å²) in [7, 11) is 0. The Morgan fingerprint density at radius 2 is 2.04 bits per heavy atom. The average Bonchev–Trinajstić information content (AvgIpc) is 2.55. The van der Waals surface area contributed by atoms with Crippen LogP contribution in [0.25, 0.3) is 0 Å². The van der Waals surface area contributed by atoms with Gasteiger partial charge in [-0.15, -0.1) is 0 Å². The molecule has 0 aromatic heterocycles. The van der Waals surface area contributed by atoms with Gasteiger partial charge in [0.15, 0.2) is 0 Å². The maximum Gasteiger partial charge on any atom is 0.251 e. The fourth-order valence-electron chi connectivity index (χ4n) is 2.78. The largest absolute Gasteiger partial charge is 0.396 e. The number of anilines is 1. The lowest BCUT2D eigenvalue weighted by atomic mass is 10.1. The van der Waals surface area contributed by atoms with Crippen LogP contribution >= 0.6 is 0 Å². The molecule has 0 spiro atoms. The maximum atomic E-state index is 14.4. The van der Waals surface area contributed by atoms with Crippen LogP contribution in [0.3, 0.4) is 0 Å². The number of amides is 1. The van der Waals surface area contributed by atoms with Crippen LogP contribution in [0.2, 0.25) is 0 Å². The molecule has 1 fully saturated rings. The highest BCUT2D eigenvalue weighted by molar-refractivity contribution is 5.94.